The molecule has 3 rings (SSSR count). The van der Waals surface area contributed by atoms with Crippen LogP contribution < -0.4 is 10.6 Å². The predicted molar refractivity (Wildman–Crippen MR) is 96.5 cm³/mol. The van der Waals surface area contributed by atoms with Gasteiger partial charge in [0.25, 0.3) is 0 Å². The van der Waals surface area contributed by atoms with Crippen molar-refractivity contribution in [2.24, 2.45) is 0 Å². The Labute approximate surface area is 138 Å². The predicted octanol–water partition coefficient (Wildman–Crippen LogP) is 4.89. The van der Waals surface area contributed by atoms with Crippen LogP contribution in [0.3, 0.4) is 0 Å². The molecule has 1 aliphatic rings. The Balaban J connectivity index is 1.76. The zero-order valence-electron chi connectivity index (χ0n) is 14.3. The molecule has 2 aromatic rings. The number of nitrogens with one attached hydrogen (secondary N) is 2. The molecular weight excluding hydrogens is 284 g/mol. The first-order valence-corrected chi connectivity index (χ1v) is 8.56. The van der Waals surface area contributed by atoms with Gasteiger partial charge in [-0.05, 0) is 56.9 Å². The molecule has 1 aromatic carbocycles. The van der Waals surface area contributed by atoms with Crippen LogP contribution in [-0.4, -0.2) is 16.0 Å². The summed E-state index contributed by atoms with van der Waals surface area (Å²) in [5, 5.41) is 6.99. The van der Waals surface area contributed by atoms with E-state index >= 15 is 0 Å². The Hall–Kier alpha value is -2.10. The molecule has 4 nitrogen and oxygen atoms in total. The fourth-order valence-electron chi connectivity index (χ4n) is 3.36. The topological polar surface area (TPSA) is 49.8 Å². The molecule has 0 aliphatic heterocycles. The van der Waals surface area contributed by atoms with Crippen molar-refractivity contribution in [2.45, 2.75) is 58.9 Å². The van der Waals surface area contributed by atoms with Crippen LogP contribution in [-0.2, 0) is 0 Å². The zero-order chi connectivity index (χ0) is 16.2. The highest BCUT2D eigenvalue weighted by Gasteiger charge is 2.14. The van der Waals surface area contributed by atoms with Gasteiger partial charge < -0.3 is 10.6 Å². The second-order valence-electron chi connectivity index (χ2n) is 6.67. The van der Waals surface area contributed by atoms with Gasteiger partial charge in [-0.1, -0.05) is 25.3 Å². The summed E-state index contributed by atoms with van der Waals surface area (Å²) >= 11 is 0. The van der Waals surface area contributed by atoms with Crippen molar-refractivity contribution in [3.05, 3.63) is 41.2 Å². The van der Waals surface area contributed by atoms with Gasteiger partial charge in [0.15, 0.2) is 0 Å². The van der Waals surface area contributed by atoms with E-state index < -0.39 is 0 Å². The normalized spacial score (nSPS) is 15.4. The highest BCUT2D eigenvalue weighted by Crippen LogP contribution is 2.23. The van der Waals surface area contributed by atoms with Crippen molar-refractivity contribution in [3.63, 3.8) is 0 Å². The molecule has 1 fully saturated rings. The second-order valence-corrected chi connectivity index (χ2v) is 6.67. The largest absolute Gasteiger partial charge is 0.367 e. The van der Waals surface area contributed by atoms with Crippen molar-refractivity contribution in [1.82, 2.24) is 9.97 Å². The van der Waals surface area contributed by atoms with Crippen LogP contribution in [0, 0.1) is 20.8 Å². The van der Waals surface area contributed by atoms with Crippen LogP contribution in [0.1, 0.15) is 49.1 Å². The number of hydrogen-bond donors (Lipinski definition) is 2. The Bertz CT molecular complexity index is 655. The molecule has 1 aliphatic carbocycles. The third-order valence-corrected chi connectivity index (χ3v) is 4.29. The van der Waals surface area contributed by atoms with Gasteiger partial charge in [-0.25, -0.2) is 9.97 Å². The molecule has 0 bridgehead atoms. The summed E-state index contributed by atoms with van der Waals surface area (Å²) in [7, 11) is 0. The van der Waals surface area contributed by atoms with Crippen LogP contribution in [0.15, 0.2) is 24.3 Å². The average molecular weight is 310 g/mol. The van der Waals surface area contributed by atoms with Gasteiger partial charge in [-0.3, -0.25) is 0 Å². The van der Waals surface area contributed by atoms with Gasteiger partial charge in [0.1, 0.15) is 17.5 Å². The van der Waals surface area contributed by atoms with E-state index in [9.17, 15) is 0 Å². The SMILES string of the molecule is Cc1cc(C)cc(Nc2cc(NC3CCCCC3)nc(C)n2)c1. The van der Waals surface area contributed by atoms with Gasteiger partial charge in [-0.2, -0.15) is 0 Å². The summed E-state index contributed by atoms with van der Waals surface area (Å²) in [6.07, 6.45) is 6.47. The number of aromatic nitrogens is 2. The maximum absolute atomic E-state index is 4.54. The van der Waals surface area contributed by atoms with Gasteiger partial charge in [0.05, 0.1) is 0 Å². The van der Waals surface area contributed by atoms with Crippen molar-refractivity contribution in [2.75, 3.05) is 10.6 Å². The van der Waals surface area contributed by atoms with Gasteiger partial charge in [0, 0.05) is 17.8 Å². The number of hydrogen-bond acceptors (Lipinski definition) is 4. The van der Waals surface area contributed by atoms with Crippen molar-refractivity contribution >= 4 is 17.3 Å². The summed E-state index contributed by atoms with van der Waals surface area (Å²) in [5.41, 5.74) is 3.57. The molecule has 0 amide bonds. The molecule has 0 spiro atoms. The molecule has 0 saturated heterocycles. The molecule has 0 unspecified atom stereocenters. The molecule has 2 N–H and O–H groups in total. The number of anilines is 3. The third kappa shape index (κ3) is 4.44. The summed E-state index contributed by atoms with van der Waals surface area (Å²) in [6.45, 7) is 6.16. The van der Waals surface area contributed by atoms with Crippen LogP contribution in [0.2, 0.25) is 0 Å². The monoisotopic (exact) mass is 310 g/mol. The number of rotatable bonds is 4. The molecule has 0 atom stereocenters. The maximum Gasteiger partial charge on any atom is 0.136 e. The van der Waals surface area contributed by atoms with Crippen molar-refractivity contribution in [1.29, 1.82) is 0 Å². The first-order valence-electron chi connectivity index (χ1n) is 8.56. The van der Waals surface area contributed by atoms with Gasteiger partial charge in [-0.15, -0.1) is 0 Å². The molecule has 122 valence electrons. The fourth-order valence-corrected chi connectivity index (χ4v) is 3.36. The van der Waals surface area contributed by atoms with E-state index in [1.54, 1.807) is 0 Å². The maximum atomic E-state index is 4.54. The van der Waals surface area contributed by atoms with E-state index in [-0.39, 0.29) is 0 Å². The number of aryl methyl sites for hydroxylation is 3. The van der Waals surface area contributed by atoms with Crippen molar-refractivity contribution in [3.8, 4) is 0 Å². The van der Waals surface area contributed by atoms with Crippen LogP contribution in [0.5, 0.6) is 0 Å². The van der Waals surface area contributed by atoms with Crippen LogP contribution in [0.25, 0.3) is 0 Å². The first kappa shape index (κ1) is 15.8. The minimum absolute atomic E-state index is 0.548. The standard InChI is InChI=1S/C19H26N4/c1-13-9-14(2)11-17(10-13)23-19-12-18(20-15(3)21-19)22-16-7-5-4-6-8-16/h9-12,16H,4-8H2,1-3H3,(H2,20,21,22,23). The Kier molecular flexibility index (Phi) is 4.79. The lowest BCUT2D eigenvalue weighted by atomic mass is 9.95. The number of benzene rings is 1. The summed E-state index contributed by atoms with van der Waals surface area (Å²) in [4.78, 5) is 9.06. The summed E-state index contributed by atoms with van der Waals surface area (Å²) in [5.74, 6) is 2.56. The fraction of sp³-hybridized carbons (Fsp3) is 0.474. The lowest BCUT2D eigenvalue weighted by Gasteiger charge is -2.23. The van der Waals surface area contributed by atoms with E-state index in [4.69, 9.17) is 0 Å². The average Bonchev–Trinajstić information content (AvgIpc) is 2.46. The molecule has 4 heteroatoms. The highest BCUT2D eigenvalue weighted by atomic mass is 15.1. The van der Waals surface area contributed by atoms with E-state index in [0.717, 1.165) is 23.1 Å². The van der Waals surface area contributed by atoms with E-state index in [2.05, 4.69) is 52.6 Å². The minimum Gasteiger partial charge on any atom is -0.367 e. The first-order chi connectivity index (χ1) is 11.1. The molecule has 0 radical (unpaired) electrons. The minimum atomic E-state index is 0.548. The Morgan fingerprint density at radius 1 is 0.826 bits per heavy atom. The Morgan fingerprint density at radius 3 is 2.17 bits per heavy atom. The van der Waals surface area contributed by atoms with E-state index in [0.29, 0.717) is 6.04 Å². The van der Waals surface area contributed by atoms with E-state index in [1.807, 2.05) is 13.0 Å². The lowest BCUT2D eigenvalue weighted by molar-refractivity contribution is 0.462. The summed E-state index contributed by atoms with van der Waals surface area (Å²) in [6, 6.07) is 9.01. The molecule has 1 heterocycles. The molecule has 1 saturated carbocycles. The van der Waals surface area contributed by atoms with Crippen molar-refractivity contribution < 1.29 is 0 Å². The third-order valence-electron chi connectivity index (χ3n) is 4.29. The second kappa shape index (κ2) is 6.99. The number of nitrogens with zero attached hydrogens (tertiary/aromatic N) is 2. The van der Waals surface area contributed by atoms with Gasteiger partial charge in [0.2, 0.25) is 0 Å². The molecule has 1 aromatic heterocycles. The van der Waals surface area contributed by atoms with Crippen LogP contribution >= 0.6 is 0 Å². The van der Waals surface area contributed by atoms with E-state index in [1.165, 1.54) is 43.2 Å². The molecule has 23 heavy (non-hydrogen) atoms. The zero-order valence-corrected chi connectivity index (χ0v) is 14.3. The highest BCUT2D eigenvalue weighted by molar-refractivity contribution is 5.61. The quantitative estimate of drug-likeness (QED) is 0.844. The Morgan fingerprint density at radius 2 is 1.48 bits per heavy atom. The smallest absolute Gasteiger partial charge is 0.136 e. The summed E-state index contributed by atoms with van der Waals surface area (Å²) < 4.78 is 0. The lowest BCUT2D eigenvalue weighted by Crippen LogP contribution is -2.23. The molecular formula is C19H26N4. The van der Waals surface area contributed by atoms with Gasteiger partial charge >= 0.3 is 0 Å². The van der Waals surface area contributed by atoms with Crippen LogP contribution in [0.4, 0.5) is 17.3 Å².